The van der Waals surface area contributed by atoms with Gasteiger partial charge in [0.15, 0.2) is 0 Å². The minimum absolute atomic E-state index is 0.0718. The van der Waals surface area contributed by atoms with Crippen LogP contribution in [0.4, 0.5) is 8.78 Å². The molecule has 0 spiro atoms. The van der Waals surface area contributed by atoms with Crippen molar-refractivity contribution in [3.63, 3.8) is 0 Å². The van der Waals surface area contributed by atoms with E-state index in [1.54, 1.807) is 0 Å². The normalized spacial score (nSPS) is 11.2. The van der Waals surface area contributed by atoms with E-state index in [1.807, 2.05) is 0 Å². The summed E-state index contributed by atoms with van der Waals surface area (Å²) in [5, 5.41) is 8.40. The van der Waals surface area contributed by atoms with E-state index in [2.05, 4.69) is 0 Å². The molecule has 4 nitrogen and oxygen atoms in total. The lowest BCUT2D eigenvalue weighted by molar-refractivity contribution is -0.139. The van der Waals surface area contributed by atoms with Crippen LogP contribution in [0.1, 0.15) is 18.4 Å². The molecule has 106 valence electrons. The highest BCUT2D eigenvalue weighted by Crippen LogP contribution is 2.45. The van der Waals surface area contributed by atoms with Gasteiger partial charge in [0, 0.05) is 6.42 Å². The molecule has 0 saturated carbocycles. The van der Waals surface area contributed by atoms with Crippen LogP contribution in [0.25, 0.3) is 0 Å². The molecule has 19 heavy (non-hydrogen) atoms. The van der Waals surface area contributed by atoms with Crippen molar-refractivity contribution >= 4 is 17.6 Å². The average Bonchev–Trinajstić information content (AvgIpc) is 2.36. The van der Waals surface area contributed by atoms with Crippen LogP contribution in [0.15, 0.2) is 12.1 Å². The summed E-state index contributed by atoms with van der Waals surface area (Å²) in [7, 11) is 2.56. The van der Waals surface area contributed by atoms with Gasteiger partial charge in [0.25, 0.3) is 5.92 Å². The van der Waals surface area contributed by atoms with Crippen molar-refractivity contribution in [2.24, 2.45) is 0 Å². The van der Waals surface area contributed by atoms with Gasteiger partial charge in [-0.25, -0.2) is 8.78 Å². The number of carboxylic acids is 1. The van der Waals surface area contributed by atoms with E-state index in [1.165, 1.54) is 20.3 Å². The number of hydrogen-bond acceptors (Lipinski definition) is 3. The zero-order chi connectivity index (χ0) is 14.6. The molecule has 7 heteroatoms. The van der Waals surface area contributed by atoms with Crippen molar-refractivity contribution in [1.29, 1.82) is 0 Å². The highest BCUT2D eigenvalue weighted by atomic mass is 35.5. The van der Waals surface area contributed by atoms with E-state index in [0.29, 0.717) is 0 Å². The van der Waals surface area contributed by atoms with Crippen molar-refractivity contribution in [2.45, 2.75) is 18.8 Å². The van der Waals surface area contributed by atoms with Crippen molar-refractivity contribution in [1.82, 2.24) is 0 Å². The highest BCUT2D eigenvalue weighted by Gasteiger charge is 2.36. The van der Waals surface area contributed by atoms with Gasteiger partial charge in [0.1, 0.15) is 16.5 Å². The lowest BCUT2D eigenvalue weighted by Crippen LogP contribution is -2.17. The zero-order valence-electron chi connectivity index (χ0n) is 10.4. The number of carboxylic acid groups (broad SMARTS) is 1. The molecule has 1 aromatic rings. The van der Waals surface area contributed by atoms with Gasteiger partial charge < -0.3 is 14.6 Å². The summed E-state index contributed by atoms with van der Waals surface area (Å²) in [6.07, 6.45) is -1.48. The van der Waals surface area contributed by atoms with Crippen LogP contribution in [-0.2, 0) is 10.7 Å². The first-order valence-electron chi connectivity index (χ1n) is 5.34. The third kappa shape index (κ3) is 3.47. The van der Waals surface area contributed by atoms with Gasteiger partial charge in [-0.1, -0.05) is 11.6 Å². The van der Waals surface area contributed by atoms with Crippen LogP contribution in [-0.4, -0.2) is 25.3 Å². The molecule has 0 radical (unpaired) electrons. The van der Waals surface area contributed by atoms with Gasteiger partial charge in [-0.05, 0) is 12.1 Å². The SMILES string of the molecule is COc1ccc(C(F)(F)CCC(=O)O)c(OC)c1Cl. The summed E-state index contributed by atoms with van der Waals surface area (Å²) < 4.78 is 37.6. The average molecular weight is 295 g/mol. The topological polar surface area (TPSA) is 55.8 Å². The minimum Gasteiger partial charge on any atom is -0.495 e. The first kappa shape index (κ1) is 15.5. The Hall–Kier alpha value is -1.56. The number of methoxy groups -OCH3 is 2. The van der Waals surface area contributed by atoms with E-state index in [9.17, 15) is 13.6 Å². The molecule has 0 unspecified atom stereocenters. The summed E-state index contributed by atoms with van der Waals surface area (Å²) >= 11 is 5.88. The molecule has 0 fully saturated rings. The van der Waals surface area contributed by atoms with E-state index >= 15 is 0 Å². The fourth-order valence-corrected chi connectivity index (χ4v) is 1.90. The molecule has 0 amide bonds. The number of benzene rings is 1. The third-order valence-electron chi connectivity index (χ3n) is 2.53. The molecule has 0 aliphatic heterocycles. The van der Waals surface area contributed by atoms with Gasteiger partial charge in [-0.3, -0.25) is 4.79 Å². The van der Waals surface area contributed by atoms with E-state index < -0.39 is 30.3 Å². The molecule has 1 N–H and O–H groups in total. The monoisotopic (exact) mass is 294 g/mol. The second-order valence-electron chi connectivity index (χ2n) is 3.76. The first-order chi connectivity index (χ1) is 8.83. The van der Waals surface area contributed by atoms with Crippen molar-refractivity contribution < 1.29 is 28.2 Å². The fourth-order valence-electron chi connectivity index (χ4n) is 1.58. The quantitative estimate of drug-likeness (QED) is 0.874. The molecule has 0 aromatic heterocycles. The molecule has 0 heterocycles. The lowest BCUT2D eigenvalue weighted by atomic mass is 10.0. The smallest absolute Gasteiger partial charge is 0.303 e. The van der Waals surface area contributed by atoms with Gasteiger partial charge in [0.2, 0.25) is 0 Å². The second kappa shape index (κ2) is 6.06. The van der Waals surface area contributed by atoms with Gasteiger partial charge in [-0.15, -0.1) is 0 Å². The molecule has 0 saturated heterocycles. The first-order valence-corrected chi connectivity index (χ1v) is 5.72. The van der Waals surface area contributed by atoms with Crippen LogP contribution in [0, 0.1) is 0 Å². The number of aliphatic carboxylic acids is 1. The lowest BCUT2D eigenvalue weighted by Gasteiger charge is -2.20. The highest BCUT2D eigenvalue weighted by molar-refractivity contribution is 6.33. The van der Waals surface area contributed by atoms with Crippen LogP contribution in [0.3, 0.4) is 0 Å². The minimum atomic E-state index is -3.35. The second-order valence-corrected chi connectivity index (χ2v) is 4.14. The van der Waals surface area contributed by atoms with Crippen LogP contribution < -0.4 is 9.47 Å². The molecule has 0 aliphatic carbocycles. The predicted molar refractivity (Wildman–Crippen MR) is 65.3 cm³/mol. The molecule has 0 bridgehead atoms. The molecule has 1 aromatic carbocycles. The number of alkyl halides is 2. The Bertz CT molecular complexity index is 477. The van der Waals surface area contributed by atoms with Gasteiger partial charge in [-0.2, -0.15) is 0 Å². The summed E-state index contributed by atoms with van der Waals surface area (Å²) in [4.78, 5) is 10.4. The Morgan fingerprint density at radius 3 is 2.47 bits per heavy atom. The zero-order valence-corrected chi connectivity index (χ0v) is 11.1. The number of halogens is 3. The number of rotatable bonds is 6. The summed E-state index contributed by atoms with van der Waals surface area (Å²) in [6.45, 7) is 0. The molecular weight excluding hydrogens is 282 g/mol. The van der Waals surface area contributed by atoms with Crippen molar-refractivity contribution in [2.75, 3.05) is 14.2 Å². The predicted octanol–water partition coefficient (Wildman–Crippen LogP) is 3.31. The third-order valence-corrected chi connectivity index (χ3v) is 2.89. The Morgan fingerprint density at radius 2 is 2.00 bits per heavy atom. The Labute approximate surface area is 113 Å². The Kier molecular flexibility index (Phi) is 4.94. The Morgan fingerprint density at radius 1 is 1.37 bits per heavy atom. The van der Waals surface area contributed by atoms with E-state index in [0.717, 1.165) is 6.07 Å². The van der Waals surface area contributed by atoms with Crippen molar-refractivity contribution in [3.8, 4) is 11.5 Å². The summed E-state index contributed by atoms with van der Waals surface area (Å²) in [5.74, 6) is -4.65. The maximum Gasteiger partial charge on any atom is 0.303 e. The number of carbonyl (C=O) groups is 1. The molecule has 0 atom stereocenters. The molecule has 1 rings (SSSR count). The van der Waals surface area contributed by atoms with Crippen molar-refractivity contribution in [3.05, 3.63) is 22.7 Å². The largest absolute Gasteiger partial charge is 0.495 e. The van der Waals surface area contributed by atoms with Gasteiger partial charge in [0.05, 0.1) is 26.2 Å². The van der Waals surface area contributed by atoms with E-state index in [-0.39, 0.29) is 16.5 Å². The fraction of sp³-hybridized carbons (Fsp3) is 0.417. The standard InChI is InChI=1S/C12H13ClF2O4/c1-18-8-4-3-7(11(19-2)10(8)13)12(14,15)6-5-9(16)17/h3-4H,5-6H2,1-2H3,(H,16,17). The number of ether oxygens (including phenoxy) is 2. The molecule has 0 aliphatic rings. The van der Waals surface area contributed by atoms with Crippen LogP contribution in [0.5, 0.6) is 11.5 Å². The molecular formula is C12H13ClF2O4. The van der Waals surface area contributed by atoms with E-state index in [4.69, 9.17) is 26.2 Å². The summed E-state index contributed by atoms with van der Waals surface area (Å²) in [5.41, 5.74) is -0.456. The maximum absolute atomic E-state index is 13.9. The summed E-state index contributed by atoms with van der Waals surface area (Å²) in [6, 6.07) is 2.40. The van der Waals surface area contributed by atoms with Crippen LogP contribution in [0.2, 0.25) is 5.02 Å². The maximum atomic E-state index is 13.9. The van der Waals surface area contributed by atoms with Gasteiger partial charge >= 0.3 is 5.97 Å². The Balaban J connectivity index is 3.18. The number of hydrogen-bond donors (Lipinski definition) is 1. The van der Waals surface area contributed by atoms with Crippen LogP contribution >= 0.6 is 11.6 Å².